The molecule has 0 radical (unpaired) electrons. The Hall–Kier alpha value is -1.33. The normalized spacial score (nSPS) is 10.2. The molecule has 0 bridgehead atoms. The molecule has 0 aliphatic heterocycles. The SMILES string of the molecule is O=C(Cc1csnn1)c1cncc(Cl)c1. The zero-order valence-corrected chi connectivity index (χ0v) is 9.13. The Labute approximate surface area is 95.1 Å². The van der Waals surface area contributed by atoms with Crippen LogP contribution in [0.15, 0.2) is 23.8 Å². The molecule has 4 nitrogen and oxygen atoms in total. The van der Waals surface area contributed by atoms with Gasteiger partial charge >= 0.3 is 0 Å². The second-order valence-corrected chi connectivity index (χ2v) is 3.93. The molecule has 6 heteroatoms. The van der Waals surface area contributed by atoms with Crippen molar-refractivity contribution in [3.63, 3.8) is 0 Å². The predicted molar refractivity (Wildman–Crippen MR) is 57.2 cm³/mol. The molecule has 0 unspecified atom stereocenters. The number of pyridine rings is 1. The molecule has 2 heterocycles. The summed E-state index contributed by atoms with van der Waals surface area (Å²) >= 11 is 6.96. The number of Topliss-reactive ketones (excluding diaryl/α,β-unsaturated/α-hetero) is 1. The predicted octanol–water partition coefficient (Wildman–Crippen LogP) is 2.01. The van der Waals surface area contributed by atoms with Gasteiger partial charge in [0.1, 0.15) is 0 Å². The van der Waals surface area contributed by atoms with E-state index in [1.165, 1.54) is 23.9 Å². The maximum absolute atomic E-state index is 11.7. The molecular formula is C9H6ClN3OS. The van der Waals surface area contributed by atoms with Crippen LogP contribution in [0.25, 0.3) is 0 Å². The molecule has 0 amide bonds. The fourth-order valence-electron chi connectivity index (χ4n) is 1.09. The molecule has 2 aromatic heterocycles. The van der Waals surface area contributed by atoms with Gasteiger partial charge in [-0.2, -0.15) is 0 Å². The average Bonchev–Trinajstić information content (AvgIpc) is 2.70. The molecule has 0 aromatic carbocycles. The van der Waals surface area contributed by atoms with Crippen molar-refractivity contribution in [1.82, 2.24) is 14.6 Å². The summed E-state index contributed by atoms with van der Waals surface area (Å²) in [5.41, 5.74) is 1.17. The molecule has 0 aliphatic rings. The second kappa shape index (κ2) is 4.46. The molecule has 2 aromatic rings. The number of rotatable bonds is 3. The van der Waals surface area contributed by atoms with Crippen molar-refractivity contribution in [2.45, 2.75) is 6.42 Å². The molecule has 76 valence electrons. The molecule has 15 heavy (non-hydrogen) atoms. The van der Waals surface area contributed by atoms with Crippen molar-refractivity contribution < 1.29 is 4.79 Å². The van der Waals surface area contributed by atoms with E-state index in [1.54, 1.807) is 11.4 Å². The lowest BCUT2D eigenvalue weighted by atomic mass is 10.1. The van der Waals surface area contributed by atoms with E-state index in [2.05, 4.69) is 14.6 Å². The second-order valence-electron chi connectivity index (χ2n) is 2.89. The number of hydrogen-bond donors (Lipinski definition) is 0. The minimum atomic E-state index is -0.0577. The maximum atomic E-state index is 11.7. The number of halogens is 1. The topological polar surface area (TPSA) is 55.7 Å². The van der Waals surface area contributed by atoms with Crippen LogP contribution in [0.3, 0.4) is 0 Å². The van der Waals surface area contributed by atoms with Crippen molar-refractivity contribution in [1.29, 1.82) is 0 Å². The van der Waals surface area contributed by atoms with E-state index < -0.39 is 0 Å². The van der Waals surface area contributed by atoms with Crippen molar-refractivity contribution in [3.05, 3.63) is 40.1 Å². The lowest BCUT2D eigenvalue weighted by Crippen LogP contribution is -2.04. The number of carbonyl (C=O) groups is 1. The van der Waals surface area contributed by atoms with Crippen LogP contribution in [0, 0.1) is 0 Å². The van der Waals surface area contributed by atoms with Crippen LogP contribution >= 0.6 is 23.1 Å². The van der Waals surface area contributed by atoms with E-state index in [-0.39, 0.29) is 12.2 Å². The quantitative estimate of drug-likeness (QED) is 0.769. The summed E-state index contributed by atoms with van der Waals surface area (Å²) in [5.74, 6) is -0.0577. The highest BCUT2D eigenvalue weighted by molar-refractivity contribution is 7.03. The minimum Gasteiger partial charge on any atom is -0.294 e. The van der Waals surface area contributed by atoms with Crippen LogP contribution in [-0.2, 0) is 6.42 Å². The van der Waals surface area contributed by atoms with Crippen molar-refractivity contribution in [3.8, 4) is 0 Å². The fraction of sp³-hybridized carbons (Fsp3) is 0.111. The van der Waals surface area contributed by atoms with Crippen LogP contribution in [-0.4, -0.2) is 20.4 Å². The Balaban J connectivity index is 2.15. The highest BCUT2D eigenvalue weighted by Gasteiger charge is 2.09. The van der Waals surface area contributed by atoms with E-state index in [1.807, 2.05) is 0 Å². The van der Waals surface area contributed by atoms with Crippen molar-refractivity contribution in [2.24, 2.45) is 0 Å². The summed E-state index contributed by atoms with van der Waals surface area (Å²) in [4.78, 5) is 15.6. The van der Waals surface area contributed by atoms with Gasteiger partial charge in [0.05, 0.1) is 17.1 Å². The molecule has 0 atom stereocenters. The van der Waals surface area contributed by atoms with E-state index in [9.17, 15) is 4.79 Å². The van der Waals surface area contributed by atoms with Gasteiger partial charge in [-0.05, 0) is 17.6 Å². The molecule has 0 spiro atoms. The third-order valence-electron chi connectivity index (χ3n) is 1.77. The van der Waals surface area contributed by atoms with E-state index in [4.69, 9.17) is 11.6 Å². The van der Waals surface area contributed by atoms with Crippen LogP contribution in [0.2, 0.25) is 5.02 Å². The largest absolute Gasteiger partial charge is 0.294 e. The first kappa shape index (κ1) is 10.2. The first-order valence-electron chi connectivity index (χ1n) is 4.15. The monoisotopic (exact) mass is 239 g/mol. The highest BCUT2D eigenvalue weighted by Crippen LogP contribution is 2.11. The zero-order valence-electron chi connectivity index (χ0n) is 7.55. The molecule has 0 saturated carbocycles. The highest BCUT2D eigenvalue weighted by atomic mass is 35.5. The van der Waals surface area contributed by atoms with Crippen LogP contribution in [0.5, 0.6) is 0 Å². The summed E-state index contributed by atoms with van der Waals surface area (Å²) in [6.45, 7) is 0. The number of carbonyl (C=O) groups excluding carboxylic acids is 1. The van der Waals surface area contributed by atoms with E-state index in [0.717, 1.165) is 0 Å². The van der Waals surface area contributed by atoms with Gasteiger partial charge in [-0.1, -0.05) is 16.1 Å². The van der Waals surface area contributed by atoms with Crippen molar-refractivity contribution >= 4 is 28.9 Å². The molecule has 0 aliphatic carbocycles. The van der Waals surface area contributed by atoms with Gasteiger partial charge in [0.25, 0.3) is 0 Å². The van der Waals surface area contributed by atoms with Gasteiger partial charge in [-0.25, -0.2) is 0 Å². The Morgan fingerprint density at radius 2 is 2.33 bits per heavy atom. The summed E-state index contributed by atoms with van der Waals surface area (Å²) < 4.78 is 3.68. The van der Waals surface area contributed by atoms with Gasteiger partial charge in [0, 0.05) is 23.3 Å². The molecular weight excluding hydrogens is 234 g/mol. The number of hydrogen-bond acceptors (Lipinski definition) is 5. The number of nitrogens with zero attached hydrogens (tertiary/aromatic N) is 3. The standard InChI is InChI=1S/C9H6ClN3OS/c10-7-1-6(3-11-4-7)9(14)2-8-5-15-13-12-8/h1,3-5H,2H2. The Morgan fingerprint density at radius 3 is 3.00 bits per heavy atom. The van der Waals surface area contributed by atoms with Gasteiger partial charge in [0.2, 0.25) is 0 Å². The zero-order chi connectivity index (χ0) is 10.7. The molecule has 0 fully saturated rings. The Morgan fingerprint density at radius 1 is 1.47 bits per heavy atom. The summed E-state index contributed by atoms with van der Waals surface area (Å²) in [6, 6.07) is 1.59. The van der Waals surface area contributed by atoms with Gasteiger partial charge in [-0.3, -0.25) is 9.78 Å². The molecule has 0 N–H and O–H groups in total. The van der Waals surface area contributed by atoms with Crippen LogP contribution < -0.4 is 0 Å². The lowest BCUT2D eigenvalue weighted by Gasteiger charge is -1.97. The van der Waals surface area contributed by atoms with Gasteiger partial charge in [-0.15, -0.1) is 5.10 Å². The number of aromatic nitrogens is 3. The average molecular weight is 240 g/mol. The fourth-order valence-corrected chi connectivity index (χ4v) is 1.72. The number of ketones is 1. The van der Waals surface area contributed by atoms with Crippen LogP contribution in [0.4, 0.5) is 0 Å². The Bertz CT molecular complexity index is 472. The first-order valence-corrected chi connectivity index (χ1v) is 5.37. The lowest BCUT2D eigenvalue weighted by molar-refractivity contribution is 0.0991. The summed E-state index contributed by atoms with van der Waals surface area (Å²) in [6.07, 6.45) is 3.22. The van der Waals surface area contributed by atoms with Crippen LogP contribution in [0.1, 0.15) is 16.1 Å². The first-order chi connectivity index (χ1) is 7.25. The third kappa shape index (κ3) is 2.57. The van der Waals surface area contributed by atoms with Gasteiger partial charge in [0.15, 0.2) is 5.78 Å². The summed E-state index contributed by atoms with van der Waals surface area (Å²) in [5, 5.41) is 6.00. The van der Waals surface area contributed by atoms with Crippen molar-refractivity contribution in [2.75, 3.05) is 0 Å². The molecule has 2 rings (SSSR count). The van der Waals surface area contributed by atoms with E-state index >= 15 is 0 Å². The summed E-state index contributed by atoms with van der Waals surface area (Å²) in [7, 11) is 0. The minimum absolute atomic E-state index is 0.0577. The molecule has 0 saturated heterocycles. The Kier molecular flexibility index (Phi) is 3.03. The van der Waals surface area contributed by atoms with E-state index in [0.29, 0.717) is 16.3 Å². The van der Waals surface area contributed by atoms with Gasteiger partial charge < -0.3 is 0 Å². The third-order valence-corrected chi connectivity index (χ3v) is 2.53. The maximum Gasteiger partial charge on any atom is 0.170 e. The smallest absolute Gasteiger partial charge is 0.170 e.